The van der Waals surface area contributed by atoms with E-state index in [2.05, 4.69) is 57.2 Å². The second-order valence-corrected chi connectivity index (χ2v) is 7.58. The van der Waals surface area contributed by atoms with Crippen molar-refractivity contribution in [1.82, 2.24) is 0 Å². The van der Waals surface area contributed by atoms with Gasteiger partial charge in [0.1, 0.15) is 11.6 Å². The van der Waals surface area contributed by atoms with E-state index in [1.165, 1.54) is 40.8 Å². The fraction of sp³-hybridized carbons (Fsp3) is 0.154. The van der Waals surface area contributed by atoms with Gasteiger partial charge in [0, 0.05) is 10.9 Å². The van der Waals surface area contributed by atoms with Crippen LogP contribution in [0.3, 0.4) is 0 Å². The van der Waals surface area contributed by atoms with Gasteiger partial charge in [0.05, 0.1) is 0 Å². The van der Waals surface area contributed by atoms with Gasteiger partial charge in [0.25, 0.3) is 0 Å². The summed E-state index contributed by atoms with van der Waals surface area (Å²) in [6.07, 6.45) is 0. The molecule has 0 aliphatic carbocycles. The van der Waals surface area contributed by atoms with Crippen molar-refractivity contribution in [3.63, 3.8) is 0 Å². The molecule has 0 fully saturated rings. The summed E-state index contributed by atoms with van der Waals surface area (Å²) in [5.74, 6) is -0.995. The Labute approximate surface area is 164 Å². The predicted octanol–water partition coefficient (Wildman–Crippen LogP) is 7.69. The van der Waals surface area contributed by atoms with Gasteiger partial charge in [-0.2, -0.15) is 0 Å². The molecule has 0 bridgehead atoms. The van der Waals surface area contributed by atoms with Crippen LogP contribution < -0.4 is 0 Å². The summed E-state index contributed by atoms with van der Waals surface area (Å²) in [5.41, 5.74) is 8.25. The number of fused-ring (bicyclic) bond motifs is 1. The molecule has 0 radical (unpaired) electrons. The van der Waals surface area contributed by atoms with Crippen LogP contribution in [-0.2, 0) is 0 Å². The highest BCUT2D eigenvalue weighted by Crippen LogP contribution is 2.32. The number of benzene rings is 4. The van der Waals surface area contributed by atoms with Crippen molar-refractivity contribution < 1.29 is 8.78 Å². The molecule has 4 aromatic rings. The van der Waals surface area contributed by atoms with Gasteiger partial charge in [-0.15, -0.1) is 0 Å². The largest absolute Gasteiger partial charge is 0.207 e. The van der Waals surface area contributed by atoms with E-state index in [1.807, 2.05) is 12.1 Å². The molecule has 4 rings (SSSR count). The van der Waals surface area contributed by atoms with E-state index in [1.54, 1.807) is 6.07 Å². The van der Waals surface area contributed by atoms with Crippen LogP contribution in [0.25, 0.3) is 33.0 Å². The van der Waals surface area contributed by atoms with E-state index in [9.17, 15) is 8.78 Å². The van der Waals surface area contributed by atoms with Crippen molar-refractivity contribution in [3.05, 3.63) is 94.6 Å². The van der Waals surface area contributed by atoms with Crippen LogP contribution in [0.4, 0.5) is 8.78 Å². The number of aryl methyl sites for hydroxylation is 3. The van der Waals surface area contributed by atoms with Crippen molar-refractivity contribution in [2.24, 2.45) is 0 Å². The maximum Gasteiger partial charge on any atom is 0.136 e. The molecule has 0 aromatic heterocycles. The standard InChI is InChI=1S/C26H22F2/c1-15-11-16(2)25(17(3)12-15)20-7-5-19(6-8-20)21-9-10-23-22(13-21)14-24(27)18(4)26(23)28/h5-14H,1-4H3. The summed E-state index contributed by atoms with van der Waals surface area (Å²) < 4.78 is 28.2. The lowest BCUT2D eigenvalue weighted by Gasteiger charge is -2.13. The maximum atomic E-state index is 14.3. The Hall–Kier alpha value is -3.00. The Bertz CT molecular complexity index is 1180. The average molecular weight is 372 g/mol. The number of hydrogen-bond donors (Lipinski definition) is 0. The second kappa shape index (κ2) is 6.87. The molecule has 0 unspecified atom stereocenters. The van der Waals surface area contributed by atoms with Crippen LogP contribution in [0.5, 0.6) is 0 Å². The van der Waals surface area contributed by atoms with E-state index in [-0.39, 0.29) is 5.56 Å². The molecular formula is C26H22F2. The lowest BCUT2D eigenvalue weighted by molar-refractivity contribution is 0.577. The van der Waals surface area contributed by atoms with Gasteiger partial charge < -0.3 is 0 Å². The second-order valence-electron chi connectivity index (χ2n) is 7.58. The van der Waals surface area contributed by atoms with Gasteiger partial charge in [-0.25, -0.2) is 8.78 Å². The fourth-order valence-electron chi connectivity index (χ4n) is 4.08. The highest BCUT2D eigenvalue weighted by Gasteiger charge is 2.11. The van der Waals surface area contributed by atoms with Crippen molar-refractivity contribution in [2.75, 3.05) is 0 Å². The normalized spacial score (nSPS) is 11.2. The Kier molecular flexibility index (Phi) is 4.50. The van der Waals surface area contributed by atoms with Crippen LogP contribution >= 0.6 is 0 Å². The smallest absolute Gasteiger partial charge is 0.136 e. The highest BCUT2D eigenvalue weighted by molar-refractivity contribution is 5.89. The van der Waals surface area contributed by atoms with Crippen LogP contribution in [0.1, 0.15) is 22.3 Å². The molecule has 28 heavy (non-hydrogen) atoms. The third-order valence-electron chi connectivity index (χ3n) is 5.44. The molecule has 0 heterocycles. The molecule has 0 atom stereocenters. The third-order valence-corrected chi connectivity index (χ3v) is 5.44. The monoisotopic (exact) mass is 372 g/mol. The summed E-state index contributed by atoms with van der Waals surface area (Å²) >= 11 is 0. The van der Waals surface area contributed by atoms with E-state index < -0.39 is 11.6 Å². The summed E-state index contributed by atoms with van der Waals surface area (Å²) in [7, 11) is 0. The van der Waals surface area contributed by atoms with E-state index in [0.717, 1.165) is 11.1 Å². The van der Waals surface area contributed by atoms with Gasteiger partial charge in [-0.05, 0) is 78.6 Å². The minimum Gasteiger partial charge on any atom is -0.207 e. The lowest BCUT2D eigenvalue weighted by Crippen LogP contribution is -1.92. The zero-order chi connectivity index (χ0) is 20.0. The number of hydrogen-bond acceptors (Lipinski definition) is 0. The van der Waals surface area contributed by atoms with Crippen molar-refractivity contribution in [3.8, 4) is 22.3 Å². The van der Waals surface area contributed by atoms with Gasteiger partial charge in [0.15, 0.2) is 0 Å². The minimum absolute atomic E-state index is 0.0634. The molecule has 0 N–H and O–H groups in total. The molecule has 0 saturated heterocycles. The zero-order valence-electron chi connectivity index (χ0n) is 16.5. The quantitative estimate of drug-likeness (QED) is 0.338. The Balaban J connectivity index is 1.76. The lowest BCUT2D eigenvalue weighted by atomic mass is 9.92. The SMILES string of the molecule is Cc1cc(C)c(-c2ccc(-c3ccc4c(F)c(C)c(F)cc4c3)cc2)c(C)c1. The van der Waals surface area contributed by atoms with Crippen LogP contribution in [0.15, 0.2) is 60.7 Å². The first-order valence-electron chi connectivity index (χ1n) is 9.42. The molecule has 0 aliphatic heterocycles. The molecule has 4 aromatic carbocycles. The molecule has 2 heteroatoms. The highest BCUT2D eigenvalue weighted by atomic mass is 19.1. The first-order valence-corrected chi connectivity index (χ1v) is 9.42. The molecule has 0 aliphatic rings. The minimum atomic E-state index is -0.511. The van der Waals surface area contributed by atoms with Crippen LogP contribution in [-0.4, -0.2) is 0 Å². The fourth-order valence-corrected chi connectivity index (χ4v) is 4.08. The van der Waals surface area contributed by atoms with Crippen LogP contribution in [0, 0.1) is 39.3 Å². The van der Waals surface area contributed by atoms with Gasteiger partial charge in [-0.1, -0.05) is 54.1 Å². The van der Waals surface area contributed by atoms with Crippen molar-refractivity contribution in [1.29, 1.82) is 0 Å². The average Bonchev–Trinajstić information content (AvgIpc) is 2.65. The summed E-state index contributed by atoms with van der Waals surface area (Å²) in [5, 5.41) is 1.03. The van der Waals surface area contributed by atoms with Gasteiger partial charge in [0.2, 0.25) is 0 Å². The summed E-state index contributed by atoms with van der Waals surface area (Å²) in [4.78, 5) is 0. The predicted molar refractivity (Wildman–Crippen MR) is 114 cm³/mol. The first-order chi connectivity index (χ1) is 13.3. The topological polar surface area (TPSA) is 0 Å². The molecule has 0 spiro atoms. The Morgan fingerprint density at radius 1 is 0.607 bits per heavy atom. The molecule has 0 amide bonds. The van der Waals surface area contributed by atoms with Crippen molar-refractivity contribution in [2.45, 2.75) is 27.7 Å². The molecule has 0 nitrogen and oxygen atoms in total. The van der Waals surface area contributed by atoms with E-state index in [4.69, 9.17) is 0 Å². The van der Waals surface area contributed by atoms with Crippen LogP contribution in [0.2, 0.25) is 0 Å². The first kappa shape index (κ1) is 18.4. The number of rotatable bonds is 2. The maximum absolute atomic E-state index is 14.3. The van der Waals surface area contributed by atoms with Gasteiger partial charge >= 0.3 is 0 Å². The molecule has 140 valence electrons. The zero-order valence-corrected chi connectivity index (χ0v) is 16.5. The third kappa shape index (κ3) is 3.09. The molecule has 0 saturated carbocycles. The summed E-state index contributed by atoms with van der Waals surface area (Å²) in [6, 6.07) is 19.6. The Morgan fingerprint density at radius 3 is 1.82 bits per heavy atom. The summed E-state index contributed by atoms with van der Waals surface area (Å²) in [6.45, 7) is 7.85. The Morgan fingerprint density at radius 2 is 1.18 bits per heavy atom. The van der Waals surface area contributed by atoms with Crippen molar-refractivity contribution >= 4 is 10.8 Å². The van der Waals surface area contributed by atoms with E-state index in [0.29, 0.717) is 10.8 Å². The molecular weight excluding hydrogens is 350 g/mol. The van der Waals surface area contributed by atoms with E-state index >= 15 is 0 Å². The number of halogens is 2. The van der Waals surface area contributed by atoms with Gasteiger partial charge in [-0.3, -0.25) is 0 Å².